The van der Waals surface area contributed by atoms with Gasteiger partial charge < -0.3 is 5.53 Å². The highest BCUT2D eigenvalue weighted by Crippen LogP contribution is 1.85. The van der Waals surface area contributed by atoms with E-state index >= 15 is 0 Å². The predicted molar refractivity (Wildman–Crippen MR) is 34.5 cm³/mol. The summed E-state index contributed by atoms with van der Waals surface area (Å²) in [6.07, 6.45) is 0. The molecule has 0 bridgehead atoms. The number of ketones is 1. The molecule has 1 atom stereocenters. The smallest absolute Gasteiger partial charge is 0.360 e. The van der Waals surface area contributed by atoms with Gasteiger partial charge in [0.05, 0.1) is 7.11 Å². The second kappa shape index (κ2) is 4.05. The van der Waals surface area contributed by atoms with Crippen LogP contribution in [0.15, 0.2) is 0 Å². The highest BCUT2D eigenvalue weighted by atomic mass is 32.2. The quantitative estimate of drug-likeness (QED) is 0.238. The van der Waals surface area contributed by atoms with Gasteiger partial charge in [-0.1, -0.05) is 0 Å². The summed E-state index contributed by atoms with van der Waals surface area (Å²) in [4.78, 5) is 12.9. The number of rotatable bonds is 2. The maximum Gasteiger partial charge on any atom is 0.447 e. The second-order valence-corrected chi connectivity index (χ2v) is 2.55. The molecule has 0 aromatic rings. The third kappa shape index (κ3) is 2.18. The molecular weight excluding hydrogens is 156 g/mol. The standard InChI is InChI=1S/C4H6N2O3S/c1-3(7)4(6-5)10(8)9-2/h1-2H3. The molecule has 0 spiro atoms. The van der Waals surface area contributed by atoms with Gasteiger partial charge in [0.15, 0.2) is 0 Å². The van der Waals surface area contributed by atoms with Crippen molar-refractivity contribution in [2.45, 2.75) is 6.92 Å². The zero-order chi connectivity index (χ0) is 8.15. The third-order valence-electron chi connectivity index (χ3n) is 0.701. The Morgan fingerprint density at radius 3 is 2.30 bits per heavy atom. The van der Waals surface area contributed by atoms with Gasteiger partial charge in [-0.05, 0) is 0 Å². The Kier molecular flexibility index (Phi) is 3.71. The molecule has 0 aliphatic rings. The molecule has 1 unspecified atom stereocenters. The van der Waals surface area contributed by atoms with Crippen molar-refractivity contribution >= 4 is 21.9 Å². The Bertz CT molecular complexity index is 219. The summed E-state index contributed by atoms with van der Waals surface area (Å²) in [5.74, 6) is -0.581. The lowest BCUT2D eigenvalue weighted by molar-refractivity contribution is -0.114. The van der Waals surface area contributed by atoms with Crippen molar-refractivity contribution in [2.75, 3.05) is 7.11 Å². The van der Waals surface area contributed by atoms with Crippen LogP contribution in [0.5, 0.6) is 0 Å². The fourth-order valence-electron chi connectivity index (χ4n) is 0.300. The Labute approximate surface area is 60.3 Å². The maximum atomic E-state index is 10.6. The van der Waals surface area contributed by atoms with Gasteiger partial charge >= 0.3 is 5.04 Å². The molecule has 0 aromatic heterocycles. The van der Waals surface area contributed by atoms with Crippen molar-refractivity contribution in [1.29, 1.82) is 0 Å². The van der Waals surface area contributed by atoms with Crippen LogP contribution in [0, 0.1) is 0 Å². The number of carbonyl (C=O) groups excluding carboxylic acids is 1. The molecule has 0 radical (unpaired) electrons. The average Bonchev–Trinajstić information content (AvgIpc) is 1.88. The van der Waals surface area contributed by atoms with Crippen molar-refractivity contribution in [2.24, 2.45) is 0 Å². The van der Waals surface area contributed by atoms with E-state index < -0.39 is 21.9 Å². The molecule has 0 aliphatic carbocycles. The molecule has 0 aromatic carbocycles. The summed E-state index contributed by atoms with van der Waals surface area (Å²) in [5.41, 5.74) is 8.09. The molecule has 0 amide bonds. The molecule has 10 heavy (non-hydrogen) atoms. The molecule has 0 heterocycles. The molecule has 0 saturated carbocycles. The van der Waals surface area contributed by atoms with Crippen LogP contribution in [0.2, 0.25) is 0 Å². The molecule has 5 nitrogen and oxygen atoms in total. The minimum Gasteiger partial charge on any atom is -0.360 e. The van der Waals surface area contributed by atoms with E-state index in [9.17, 15) is 9.00 Å². The van der Waals surface area contributed by atoms with Crippen LogP contribution >= 0.6 is 0 Å². The van der Waals surface area contributed by atoms with E-state index in [-0.39, 0.29) is 0 Å². The zero-order valence-corrected chi connectivity index (χ0v) is 6.34. The lowest BCUT2D eigenvalue weighted by Gasteiger charge is -1.86. The van der Waals surface area contributed by atoms with Crippen molar-refractivity contribution in [3.05, 3.63) is 5.53 Å². The Hall–Kier alpha value is -0.840. The first kappa shape index (κ1) is 9.16. The van der Waals surface area contributed by atoms with E-state index in [0.717, 1.165) is 14.0 Å². The first-order valence-electron chi connectivity index (χ1n) is 2.32. The van der Waals surface area contributed by atoms with Gasteiger partial charge in [-0.2, -0.15) is 0 Å². The van der Waals surface area contributed by atoms with Gasteiger partial charge in [0.2, 0.25) is 0 Å². The molecule has 0 rings (SSSR count). The third-order valence-corrected chi connectivity index (χ3v) is 1.69. The summed E-state index contributed by atoms with van der Waals surface area (Å²) in [7, 11) is 1.14. The maximum absolute atomic E-state index is 10.6. The van der Waals surface area contributed by atoms with E-state index in [4.69, 9.17) is 5.53 Å². The topological polar surface area (TPSA) is 79.8 Å². The Balaban J connectivity index is 4.56. The summed E-state index contributed by atoms with van der Waals surface area (Å²) in [6.45, 7) is 1.13. The van der Waals surface area contributed by atoms with Gasteiger partial charge in [0.1, 0.15) is 0 Å². The number of nitrogens with zero attached hydrogens (tertiary/aromatic N) is 2. The van der Waals surface area contributed by atoms with Gasteiger partial charge in [-0.3, -0.25) is 8.98 Å². The van der Waals surface area contributed by atoms with Gasteiger partial charge in [-0.15, -0.1) is 4.79 Å². The first-order valence-corrected chi connectivity index (χ1v) is 3.40. The monoisotopic (exact) mass is 162 g/mol. The van der Waals surface area contributed by atoms with Crippen molar-refractivity contribution in [1.82, 2.24) is 0 Å². The number of Topliss-reactive ketones (excluding diaryl/α,β-unsaturated/α-hetero) is 1. The molecule has 56 valence electrons. The molecule has 6 heteroatoms. The minimum absolute atomic E-state index is 0.484. The zero-order valence-electron chi connectivity index (χ0n) is 5.53. The van der Waals surface area contributed by atoms with Crippen LogP contribution < -0.4 is 0 Å². The average molecular weight is 162 g/mol. The Morgan fingerprint density at radius 2 is 2.20 bits per heavy atom. The normalized spacial score (nSPS) is 11.8. The van der Waals surface area contributed by atoms with E-state index in [0.29, 0.717) is 0 Å². The van der Waals surface area contributed by atoms with E-state index in [1.807, 2.05) is 0 Å². The van der Waals surface area contributed by atoms with Crippen LogP contribution in [-0.2, 0) is 20.1 Å². The fraction of sp³-hybridized carbons (Fsp3) is 0.500. The van der Waals surface area contributed by atoms with E-state index in [1.165, 1.54) is 0 Å². The van der Waals surface area contributed by atoms with Gasteiger partial charge in [-0.25, -0.2) is 4.21 Å². The first-order chi connectivity index (χ1) is 4.63. The van der Waals surface area contributed by atoms with Crippen LogP contribution in [0.3, 0.4) is 0 Å². The van der Waals surface area contributed by atoms with E-state index in [1.54, 1.807) is 0 Å². The second-order valence-electron chi connectivity index (χ2n) is 1.36. The number of hydrogen-bond acceptors (Lipinski definition) is 3. The summed E-state index contributed by atoms with van der Waals surface area (Å²) >= 11 is -1.94. The summed E-state index contributed by atoms with van der Waals surface area (Å²) in [5, 5.41) is -0.484. The van der Waals surface area contributed by atoms with Crippen LogP contribution in [0.25, 0.3) is 5.53 Å². The highest BCUT2D eigenvalue weighted by molar-refractivity contribution is 7.98. The highest BCUT2D eigenvalue weighted by Gasteiger charge is 2.23. The van der Waals surface area contributed by atoms with Crippen molar-refractivity contribution < 1.29 is 18.0 Å². The fourth-order valence-corrected chi connectivity index (χ4v) is 0.759. The molecule has 0 fully saturated rings. The van der Waals surface area contributed by atoms with Crippen LogP contribution in [0.4, 0.5) is 0 Å². The minimum atomic E-state index is -1.94. The van der Waals surface area contributed by atoms with Crippen molar-refractivity contribution in [3.8, 4) is 0 Å². The lowest BCUT2D eigenvalue weighted by atomic mass is 10.5. The van der Waals surface area contributed by atoms with Gasteiger partial charge in [0.25, 0.3) is 16.9 Å². The number of hydrogen-bond donors (Lipinski definition) is 0. The molecule has 0 N–H and O–H groups in total. The molecule has 0 saturated heterocycles. The molecular formula is C4H6N2O3S. The summed E-state index contributed by atoms with van der Waals surface area (Å²) < 4.78 is 14.8. The Morgan fingerprint density at radius 1 is 1.70 bits per heavy atom. The van der Waals surface area contributed by atoms with E-state index in [2.05, 4.69) is 8.97 Å². The molecule has 0 aliphatic heterocycles. The SMILES string of the molecule is COS(=O)C(=[N+]=[N-])C(C)=O. The predicted octanol–water partition coefficient (Wildman–Crippen LogP) is -0.486. The lowest BCUT2D eigenvalue weighted by Crippen LogP contribution is -2.18. The summed E-state index contributed by atoms with van der Waals surface area (Å²) in [6, 6.07) is 0. The van der Waals surface area contributed by atoms with Crippen molar-refractivity contribution in [3.63, 3.8) is 0 Å². The number of carbonyl (C=O) groups is 1. The van der Waals surface area contributed by atoms with Gasteiger partial charge in [0, 0.05) is 6.92 Å². The largest absolute Gasteiger partial charge is 0.447 e. The van der Waals surface area contributed by atoms with Crippen LogP contribution in [-0.4, -0.2) is 26.9 Å². The van der Waals surface area contributed by atoms with Crippen LogP contribution in [0.1, 0.15) is 6.92 Å².